The van der Waals surface area contributed by atoms with Gasteiger partial charge in [-0.15, -0.1) is 0 Å². The van der Waals surface area contributed by atoms with Gasteiger partial charge in [-0.25, -0.2) is 14.6 Å². The highest BCUT2D eigenvalue weighted by atomic mass is 32.1. The van der Waals surface area contributed by atoms with Crippen molar-refractivity contribution in [2.24, 2.45) is 0 Å². The normalized spacial score (nSPS) is 10.5. The van der Waals surface area contributed by atoms with Crippen LogP contribution in [-0.4, -0.2) is 29.5 Å². The van der Waals surface area contributed by atoms with Crippen molar-refractivity contribution < 1.29 is 19.1 Å². The van der Waals surface area contributed by atoms with E-state index in [9.17, 15) is 14.4 Å². The minimum atomic E-state index is -0.510. The number of aromatic nitrogens is 1. The molecule has 3 aromatic carbocycles. The molecular weight excluding hydrogens is 440 g/mol. The first kappa shape index (κ1) is 22.0. The van der Waals surface area contributed by atoms with Gasteiger partial charge in [0.2, 0.25) is 0 Å². The molecule has 0 spiro atoms. The van der Waals surface area contributed by atoms with E-state index in [0.29, 0.717) is 27.6 Å². The van der Waals surface area contributed by atoms with Crippen LogP contribution in [0.1, 0.15) is 27.6 Å². The Morgan fingerprint density at radius 2 is 1.67 bits per heavy atom. The Morgan fingerprint density at radius 3 is 2.45 bits per heavy atom. The fourth-order valence-electron chi connectivity index (χ4n) is 3.08. The summed E-state index contributed by atoms with van der Waals surface area (Å²) in [5.41, 5.74) is 2.39. The molecule has 9 heteroatoms. The lowest BCUT2D eigenvalue weighted by Crippen LogP contribution is -2.21. The van der Waals surface area contributed by atoms with Crippen LogP contribution < -0.4 is 16.0 Å². The van der Waals surface area contributed by atoms with E-state index >= 15 is 0 Å². The van der Waals surface area contributed by atoms with Gasteiger partial charge in [0, 0.05) is 11.3 Å². The third-order valence-corrected chi connectivity index (χ3v) is 5.51. The Labute approximate surface area is 193 Å². The van der Waals surface area contributed by atoms with Crippen molar-refractivity contribution in [3.05, 3.63) is 83.9 Å². The molecule has 8 nitrogen and oxygen atoms in total. The zero-order valence-corrected chi connectivity index (χ0v) is 18.4. The summed E-state index contributed by atoms with van der Waals surface area (Å²) in [5, 5.41) is 8.68. The Bertz CT molecular complexity index is 1320. The van der Waals surface area contributed by atoms with Crippen LogP contribution in [0.25, 0.3) is 10.2 Å². The monoisotopic (exact) mass is 460 g/mol. The maximum Gasteiger partial charge on any atom is 0.340 e. The molecule has 0 saturated carbocycles. The standard InChI is InChI=1S/C24H20N4O4S/c1-2-32-22(30)17-10-6-7-11-18(17)26-23(31)25-16-12-13-19-20(14-16)33-24(27-19)28-21(29)15-8-4-3-5-9-15/h3-14H,2H2,1H3,(H2,25,26,31)(H,27,28,29). The van der Waals surface area contributed by atoms with Gasteiger partial charge in [0.15, 0.2) is 5.13 Å². The lowest BCUT2D eigenvalue weighted by Gasteiger charge is -2.11. The van der Waals surface area contributed by atoms with E-state index in [1.165, 1.54) is 11.3 Å². The van der Waals surface area contributed by atoms with Gasteiger partial charge in [-0.3, -0.25) is 10.1 Å². The fourth-order valence-corrected chi connectivity index (χ4v) is 3.98. The van der Waals surface area contributed by atoms with Crippen LogP contribution in [0.15, 0.2) is 72.8 Å². The van der Waals surface area contributed by atoms with Crippen molar-refractivity contribution in [1.29, 1.82) is 0 Å². The number of hydrogen-bond acceptors (Lipinski definition) is 6. The number of urea groups is 1. The molecule has 3 N–H and O–H groups in total. The maximum absolute atomic E-state index is 12.5. The summed E-state index contributed by atoms with van der Waals surface area (Å²) < 4.78 is 5.82. The van der Waals surface area contributed by atoms with Gasteiger partial charge in [-0.2, -0.15) is 0 Å². The molecule has 33 heavy (non-hydrogen) atoms. The highest BCUT2D eigenvalue weighted by Crippen LogP contribution is 2.29. The number of benzene rings is 3. The van der Waals surface area contributed by atoms with Crippen molar-refractivity contribution in [3.63, 3.8) is 0 Å². The van der Waals surface area contributed by atoms with Crippen LogP contribution >= 0.6 is 11.3 Å². The van der Waals surface area contributed by atoms with E-state index in [-0.39, 0.29) is 18.1 Å². The first-order chi connectivity index (χ1) is 16.0. The molecule has 0 saturated heterocycles. The Hall–Kier alpha value is -4.24. The maximum atomic E-state index is 12.5. The quantitative estimate of drug-likeness (QED) is 0.335. The minimum Gasteiger partial charge on any atom is -0.462 e. The molecule has 1 aromatic heterocycles. The molecule has 166 valence electrons. The third kappa shape index (κ3) is 5.34. The first-order valence-electron chi connectivity index (χ1n) is 10.1. The summed E-state index contributed by atoms with van der Waals surface area (Å²) in [4.78, 5) is 41.4. The summed E-state index contributed by atoms with van der Waals surface area (Å²) in [7, 11) is 0. The number of para-hydroxylation sites is 1. The van der Waals surface area contributed by atoms with Gasteiger partial charge in [-0.05, 0) is 49.4 Å². The first-order valence-corrected chi connectivity index (χ1v) is 11.0. The van der Waals surface area contributed by atoms with Crippen LogP contribution in [0.3, 0.4) is 0 Å². The van der Waals surface area contributed by atoms with Crippen LogP contribution in [0.5, 0.6) is 0 Å². The van der Waals surface area contributed by atoms with Gasteiger partial charge in [0.25, 0.3) is 5.91 Å². The number of ether oxygens (including phenoxy) is 1. The fraction of sp³-hybridized carbons (Fsp3) is 0.0833. The van der Waals surface area contributed by atoms with Gasteiger partial charge in [0.05, 0.1) is 28.1 Å². The van der Waals surface area contributed by atoms with E-state index in [0.717, 1.165) is 4.70 Å². The second-order valence-corrected chi connectivity index (χ2v) is 7.90. The smallest absolute Gasteiger partial charge is 0.340 e. The van der Waals surface area contributed by atoms with Gasteiger partial charge in [0.1, 0.15) is 0 Å². The number of carbonyl (C=O) groups is 3. The lowest BCUT2D eigenvalue weighted by molar-refractivity contribution is 0.0527. The largest absolute Gasteiger partial charge is 0.462 e. The van der Waals surface area contributed by atoms with Gasteiger partial charge in [-0.1, -0.05) is 41.7 Å². The van der Waals surface area contributed by atoms with E-state index in [1.807, 2.05) is 6.07 Å². The molecule has 4 rings (SSSR count). The summed E-state index contributed by atoms with van der Waals surface area (Å²) in [6.07, 6.45) is 0. The Morgan fingerprint density at radius 1 is 0.909 bits per heavy atom. The van der Waals surface area contributed by atoms with Crippen molar-refractivity contribution in [1.82, 2.24) is 4.98 Å². The van der Waals surface area contributed by atoms with Gasteiger partial charge >= 0.3 is 12.0 Å². The number of hydrogen-bond donors (Lipinski definition) is 3. The average molecular weight is 461 g/mol. The van der Waals surface area contributed by atoms with Crippen molar-refractivity contribution in [2.45, 2.75) is 6.92 Å². The number of nitrogens with zero attached hydrogens (tertiary/aromatic N) is 1. The number of anilines is 3. The number of fused-ring (bicyclic) bond motifs is 1. The van der Waals surface area contributed by atoms with Crippen molar-refractivity contribution in [2.75, 3.05) is 22.6 Å². The molecule has 0 unspecified atom stereocenters. The molecule has 0 bridgehead atoms. The summed E-state index contributed by atoms with van der Waals surface area (Å²) in [6.45, 7) is 1.96. The lowest BCUT2D eigenvalue weighted by atomic mass is 10.2. The zero-order chi connectivity index (χ0) is 23.2. The Balaban J connectivity index is 1.45. The van der Waals surface area contributed by atoms with Crippen LogP contribution in [0, 0.1) is 0 Å². The second kappa shape index (κ2) is 9.92. The highest BCUT2D eigenvalue weighted by molar-refractivity contribution is 7.22. The van der Waals surface area contributed by atoms with E-state index in [1.54, 1.807) is 73.7 Å². The molecule has 0 radical (unpaired) electrons. The van der Waals surface area contributed by atoms with Crippen molar-refractivity contribution in [3.8, 4) is 0 Å². The molecule has 0 aliphatic rings. The summed E-state index contributed by atoms with van der Waals surface area (Å²) in [5.74, 6) is -0.753. The molecule has 0 aliphatic heterocycles. The third-order valence-electron chi connectivity index (χ3n) is 4.57. The molecule has 0 aliphatic carbocycles. The zero-order valence-electron chi connectivity index (χ0n) is 17.6. The molecular formula is C24H20N4O4S. The van der Waals surface area contributed by atoms with Crippen LogP contribution in [-0.2, 0) is 4.74 Å². The average Bonchev–Trinajstić information content (AvgIpc) is 3.21. The molecule has 4 aromatic rings. The molecule has 0 atom stereocenters. The van der Waals surface area contributed by atoms with Crippen LogP contribution in [0.4, 0.5) is 21.3 Å². The van der Waals surface area contributed by atoms with Gasteiger partial charge < -0.3 is 15.4 Å². The minimum absolute atomic E-state index is 0.238. The number of esters is 1. The number of rotatable bonds is 6. The van der Waals surface area contributed by atoms with E-state index in [4.69, 9.17) is 4.74 Å². The number of thiazole rings is 1. The number of carbonyl (C=O) groups excluding carboxylic acids is 3. The molecule has 1 heterocycles. The van der Waals surface area contributed by atoms with E-state index < -0.39 is 12.0 Å². The van der Waals surface area contributed by atoms with Crippen LogP contribution in [0.2, 0.25) is 0 Å². The number of nitrogens with one attached hydrogen (secondary N) is 3. The predicted molar refractivity (Wildman–Crippen MR) is 129 cm³/mol. The summed E-state index contributed by atoms with van der Waals surface area (Å²) >= 11 is 1.30. The second-order valence-electron chi connectivity index (χ2n) is 6.87. The Kier molecular flexibility index (Phi) is 6.61. The highest BCUT2D eigenvalue weighted by Gasteiger charge is 2.15. The molecule has 3 amide bonds. The summed E-state index contributed by atoms with van der Waals surface area (Å²) in [6, 6.07) is 20.2. The SMILES string of the molecule is CCOC(=O)c1ccccc1NC(=O)Nc1ccc2nc(NC(=O)c3ccccc3)sc2c1. The van der Waals surface area contributed by atoms with Crippen molar-refractivity contribution >= 4 is 56.0 Å². The number of amides is 3. The van der Waals surface area contributed by atoms with E-state index in [2.05, 4.69) is 20.9 Å². The predicted octanol–water partition coefficient (Wildman–Crippen LogP) is 5.37. The molecule has 0 fully saturated rings. The topological polar surface area (TPSA) is 109 Å².